The normalized spacial score (nSPS) is 12.4. The lowest BCUT2D eigenvalue weighted by atomic mass is 10.2. The van der Waals surface area contributed by atoms with Crippen molar-refractivity contribution in [3.05, 3.63) is 52.0 Å². The third kappa shape index (κ3) is 5.06. The summed E-state index contributed by atoms with van der Waals surface area (Å²) in [6.07, 6.45) is 1.04. The number of ether oxygens (including phenoxy) is 1. The molecule has 0 aliphatic rings. The average molecular weight is 431 g/mol. The first-order valence-corrected chi connectivity index (χ1v) is 10.5. The lowest BCUT2D eigenvalue weighted by molar-refractivity contribution is -0.116. The molecule has 2 rings (SSSR count). The first-order chi connectivity index (χ1) is 12.5. The third-order valence-corrected chi connectivity index (χ3v) is 5.86. The van der Waals surface area contributed by atoms with Crippen LogP contribution in [0.4, 0.5) is 11.4 Å². The summed E-state index contributed by atoms with van der Waals surface area (Å²) < 4.78 is 30.8. The van der Waals surface area contributed by atoms with E-state index in [2.05, 4.69) is 5.32 Å². The number of nitrogens with zero attached hydrogens (tertiary/aromatic N) is 1. The summed E-state index contributed by atoms with van der Waals surface area (Å²) in [6, 6.07) is 8.56. The van der Waals surface area contributed by atoms with Crippen molar-refractivity contribution in [3.63, 3.8) is 0 Å². The Morgan fingerprint density at radius 3 is 2.33 bits per heavy atom. The monoisotopic (exact) mass is 430 g/mol. The van der Waals surface area contributed by atoms with Crippen LogP contribution in [-0.2, 0) is 14.8 Å². The number of hydrogen-bond acceptors (Lipinski definition) is 4. The van der Waals surface area contributed by atoms with E-state index in [1.54, 1.807) is 31.2 Å². The molecule has 2 aromatic carbocycles. The number of sulfonamides is 1. The molecular formula is C18H20Cl2N2O4S. The van der Waals surface area contributed by atoms with Crippen molar-refractivity contribution in [1.82, 2.24) is 0 Å². The molecule has 0 radical (unpaired) electrons. The van der Waals surface area contributed by atoms with Gasteiger partial charge in [-0.1, -0.05) is 29.3 Å². The first kappa shape index (κ1) is 21.3. The molecule has 6 nitrogen and oxygen atoms in total. The predicted molar refractivity (Wildman–Crippen MR) is 110 cm³/mol. The summed E-state index contributed by atoms with van der Waals surface area (Å²) in [5.41, 5.74) is 1.54. The molecule has 27 heavy (non-hydrogen) atoms. The van der Waals surface area contributed by atoms with Crippen molar-refractivity contribution in [2.24, 2.45) is 0 Å². The van der Waals surface area contributed by atoms with Crippen LogP contribution in [0.25, 0.3) is 0 Å². The van der Waals surface area contributed by atoms with Gasteiger partial charge in [-0.2, -0.15) is 0 Å². The minimum Gasteiger partial charge on any atom is -0.495 e. The molecule has 0 aliphatic carbocycles. The third-order valence-electron chi connectivity index (χ3n) is 3.92. The number of carbonyl (C=O) groups excluding carboxylic acids is 1. The summed E-state index contributed by atoms with van der Waals surface area (Å²) in [5, 5.41) is 3.40. The summed E-state index contributed by atoms with van der Waals surface area (Å²) in [6.45, 7) is 3.30. The Hall–Kier alpha value is -1.96. The van der Waals surface area contributed by atoms with E-state index in [-0.39, 0.29) is 0 Å². The Morgan fingerprint density at radius 2 is 1.81 bits per heavy atom. The van der Waals surface area contributed by atoms with Crippen molar-refractivity contribution in [3.8, 4) is 5.75 Å². The maximum absolute atomic E-state index is 12.7. The number of halogens is 2. The van der Waals surface area contributed by atoms with E-state index < -0.39 is 22.0 Å². The number of rotatable bonds is 6. The number of benzene rings is 2. The van der Waals surface area contributed by atoms with E-state index in [9.17, 15) is 13.2 Å². The van der Waals surface area contributed by atoms with Crippen LogP contribution in [0.5, 0.6) is 5.75 Å². The number of hydrogen-bond donors (Lipinski definition) is 1. The van der Waals surface area contributed by atoms with E-state index in [1.807, 2.05) is 0 Å². The molecule has 1 atom stereocenters. The molecule has 0 unspecified atom stereocenters. The Bertz CT molecular complexity index is 964. The molecule has 0 aliphatic heterocycles. The molecule has 0 spiro atoms. The standard InChI is InChI=1S/C18H20Cl2N2O4S/c1-11-5-7-14(10-15(11)19)22(27(4,24)25)12(2)18(23)21-13-6-8-17(26-3)16(20)9-13/h5-10,12H,1-4H3,(H,21,23)/t12-/m1/s1. The van der Waals surface area contributed by atoms with Crippen LogP contribution in [0.2, 0.25) is 10.0 Å². The number of carbonyl (C=O) groups is 1. The van der Waals surface area contributed by atoms with Crippen molar-refractivity contribution in [2.45, 2.75) is 19.9 Å². The second-order valence-electron chi connectivity index (χ2n) is 6.01. The lowest BCUT2D eigenvalue weighted by Gasteiger charge is -2.28. The van der Waals surface area contributed by atoms with E-state index in [0.717, 1.165) is 16.1 Å². The lowest BCUT2D eigenvalue weighted by Crippen LogP contribution is -2.45. The molecule has 0 heterocycles. The minimum absolute atomic E-state index is 0.309. The Kier molecular flexibility index (Phi) is 6.62. The van der Waals surface area contributed by atoms with Gasteiger partial charge in [-0.05, 0) is 49.7 Å². The summed E-state index contributed by atoms with van der Waals surface area (Å²) >= 11 is 12.2. The largest absolute Gasteiger partial charge is 0.495 e. The molecule has 9 heteroatoms. The van der Waals surface area contributed by atoms with Crippen molar-refractivity contribution in [1.29, 1.82) is 0 Å². The van der Waals surface area contributed by atoms with E-state index in [1.165, 1.54) is 26.2 Å². The van der Waals surface area contributed by atoms with Gasteiger partial charge >= 0.3 is 0 Å². The second kappa shape index (κ2) is 8.37. The minimum atomic E-state index is -3.74. The van der Waals surface area contributed by atoms with Gasteiger partial charge in [-0.25, -0.2) is 8.42 Å². The maximum atomic E-state index is 12.7. The topological polar surface area (TPSA) is 75.7 Å². The maximum Gasteiger partial charge on any atom is 0.247 e. The quantitative estimate of drug-likeness (QED) is 0.747. The Balaban J connectivity index is 2.32. The van der Waals surface area contributed by atoms with Gasteiger partial charge in [-0.15, -0.1) is 0 Å². The Labute approximate surface area is 169 Å². The van der Waals surface area contributed by atoms with Crippen LogP contribution >= 0.6 is 23.2 Å². The van der Waals surface area contributed by atoms with Crippen LogP contribution in [0.15, 0.2) is 36.4 Å². The highest BCUT2D eigenvalue weighted by molar-refractivity contribution is 7.92. The number of methoxy groups -OCH3 is 1. The number of amides is 1. The zero-order valence-electron chi connectivity index (χ0n) is 15.3. The van der Waals surface area contributed by atoms with Gasteiger partial charge in [0.15, 0.2) is 0 Å². The first-order valence-electron chi connectivity index (χ1n) is 7.94. The fraction of sp³-hybridized carbons (Fsp3) is 0.278. The van der Waals surface area contributed by atoms with Crippen LogP contribution in [0.1, 0.15) is 12.5 Å². The molecular weight excluding hydrogens is 411 g/mol. The van der Waals surface area contributed by atoms with E-state index >= 15 is 0 Å². The van der Waals surface area contributed by atoms with Gasteiger partial charge < -0.3 is 10.1 Å². The van der Waals surface area contributed by atoms with Gasteiger partial charge in [0.05, 0.1) is 24.1 Å². The van der Waals surface area contributed by atoms with Gasteiger partial charge in [-0.3, -0.25) is 9.10 Å². The molecule has 0 saturated heterocycles. The zero-order valence-corrected chi connectivity index (χ0v) is 17.6. The van der Waals surface area contributed by atoms with Crippen LogP contribution in [0.3, 0.4) is 0 Å². The average Bonchev–Trinajstić information content (AvgIpc) is 2.57. The van der Waals surface area contributed by atoms with Crippen LogP contribution < -0.4 is 14.4 Å². The fourth-order valence-electron chi connectivity index (χ4n) is 2.52. The van der Waals surface area contributed by atoms with Crippen LogP contribution in [-0.4, -0.2) is 33.7 Å². The van der Waals surface area contributed by atoms with E-state index in [0.29, 0.717) is 27.2 Å². The smallest absolute Gasteiger partial charge is 0.247 e. The highest BCUT2D eigenvalue weighted by atomic mass is 35.5. The number of nitrogens with one attached hydrogen (secondary N) is 1. The van der Waals surface area contributed by atoms with Crippen LogP contribution in [0, 0.1) is 6.92 Å². The summed E-state index contributed by atoms with van der Waals surface area (Å²) in [7, 11) is -2.25. The predicted octanol–water partition coefficient (Wildman–Crippen LogP) is 4.10. The number of aryl methyl sites for hydroxylation is 1. The number of anilines is 2. The molecule has 146 valence electrons. The SMILES string of the molecule is COc1ccc(NC(=O)[C@@H](C)N(c2ccc(C)c(Cl)c2)S(C)(=O)=O)cc1Cl. The van der Waals surface area contributed by atoms with E-state index in [4.69, 9.17) is 27.9 Å². The molecule has 0 bridgehead atoms. The van der Waals surface area contributed by atoms with Crippen molar-refractivity contribution >= 4 is 50.5 Å². The van der Waals surface area contributed by atoms with Crippen molar-refractivity contribution in [2.75, 3.05) is 23.0 Å². The fourth-order valence-corrected chi connectivity index (χ4v) is 4.12. The highest BCUT2D eigenvalue weighted by Crippen LogP contribution is 2.29. The molecule has 0 fully saturated rings. The van der Waals surface area contributed by atoms with Gasteiger partial charge in [0.1, 0.15) is 11.8 Å². The zero-order chi connectivity index (χ0) is 20.4. The highest BCUT2D eigenvalue weighted by Gasteiger charge is 2.29. The Morgan fingerprint density at radius 1 is 1.15 bits per heavy atom. The molecule has 1 amide bonds. The summed E-state index contributed by atoms with van der Waals surface area (Å²) in [5.74, 6) is -0.0480. The second-order valence-corrected chi connectivity index (χ2v) is 8.68. The summed E-state index contributed by atoms with van der Waals surface area (Å²) in [4.78, 5) is 12.7. The van der Waals surface area contributed by atoms with Crippen molar-refractivity contribution < 1.29 is 17.9 Å². The van der Waals surface area contributed by atoms with Gasteiger partial charge in [0, 0.05) is 10.7 Å². The molecule has 1 N–H and O–H groups in total. The molecule has 0 saturated carbocycles. The van der Waals surface area contributed by atoms with Gasteiger partial charge in [0.25, 0.3) is 0 Å². The molecule has 2 aromatic rings. The van der Waals surface area contributed by atoms with Gasteiger partial charge in [0.2, 0.25) is 15.9 Å². The molecule has 0 aromatic heterocycles.